The summed E-state index contributed by atoms with van der Waals surface area (Å²) in [6.45, 7) is 1.43. The second-order valence-electron chi connectivity index (χ2n) is 8.18. The molecule has 0 spiro atoms. The number of piperidine rings is 1. The van der Waals surface area contributed by atoms with Crippen LogP contribution in [0.1, 0.15) is 39.7 Å². The molecule has 6 heteroatoms. The van der Waals surface area contributed by atoms with E-state index in [0.717, 1.165) is 18.4 Å². The van der Waals surface area contributed by atoms with E-state index in [1.165, 1.54) is 9.71 Å². The van der Waals surface area contributed by atoms with Gasteiger partial charge in [0.2, 0.25) is 0 Å². The molecule has 1 saturated heterocycles. The molecule has 0 radical (unpaired) electrons. The average Bonchev–Trinajstić information content (AvgIpc) is 3.32. The molecule has 2 heterocycles. The van der Waals surface area contributed by atoms with Gasteiger partial charge in [-0.1, -0.05) is 42.5 Å². The largest absolute Gasteiger partial charge is 0.484 e. The van der Waals surface area contributed by atoms with Crippen molar-refractivity contribution < 1.29 is 14.3 Å². The molecule has 4 aromatic rings. The van der Waals surface area contributed by atoms with Crippen LogP contribution in [0.15, 0.2) is 78.9 Å². The second kappa shape index (κ2) is 9.55. The molecule has 1 fully saturated rings. The Labute approximate surface area is 196 Å². The highest BCUT2D eigenvalue weighted by atomic mass is 32.1. The lowest BCUT2D eigenvalue weighted by atomic mass is 9.97. The minimum Gasteiger partial charge on any atom is -0.484 e. The SMILES string of the molecule is O=C(c1ccccc1)c1ccc(OCC(=O)N2CCC(c3nc4ccccc4s3)CC2)cc1. The number of hydrogen-bond donors (Lipinski definition) is 0. The zero-order valence-corrected chi connectivity index (χ0v) is 19.0. The van der Waals surface area contributed by atoms with Crippen LogP contribution in [0.25, 0.3) is 10.2 Å². The lowest BCUT2D eigenvalue weighted by Crippen LogP contribution is -2.40. The average molecular weight is 457 g/mol. The fraction of sp³-hybridized carbons (Fsp3) is 0.222. The molecule has 0 bridgehead atoms. The number of thiazole rings is 1. The Bertz CT molecular complexity index is 1230. The Kier molecular flexibility index (Phi) is 6.17. The van der Waals surface area contributed by atoms with Gasteiger partial charge in [0.15, 0.2) is 12.4 Å². The summed E-state index contributed by atoms with van der Waals surface area (Å²) in [5.74, 6) is 0.941. The Morgan fingerprint density at radius 1 is 0.879 bits per heavy atom. The second-order valence-corrected chi connectivity index (χ2v) is 9.25. The minimum absolute atomic E-state index is 0.00220. The highest BCUT2D eigenvalue weighted by Gasteiger charge is 2.26. The van der Waals surface area contributed by atoms with Crippen molar-refractivity contribution in [2.75, 3.05) is 19.7 Å². The Morgan fingerprint density at radius 3 is 2.27 bits per heavy atom. The van der Waals surface area contributed by atoms with Gasteiger partial charge in [-0.25, -0.2) is 4.98 Å². The fourth-order valence-corrected chi connectivity index (χ4v) is 5.27. The Morgan fingerprint density at radius 2 is 1.55 bits per heavy atom. The van der Waals surface area contributed by atoms with Crippen LogP contribution in [0.2, 0.25) is 0 Å². The van der Waals surface area contributed by atoms with Gasteiger partial charge in [-0.15, -0.1) is 11.3 Å². The molecule has 0 unspecified atom stereocenters. The van der Waals surface area contributed by atoms with Gasteiger partial charge in [0, 0.05) is 30.1 Å². The highest BCUT2D eigenvalue weighted by molar-refractivity contribution is 7.18. The fourth-order valence-electron chi connectivity index (χ4n) is 4.14. The quantitative estimate of drug-likeness (QED) is 0.369. The summed E-state index contributed by atoms with van der Waals surface area (Å²) < 4.78 is 6.92. The van der Waals surface area contributed by atoms with Crippen molar-refractivity contribution in [3.8, 4) is 5.75 Å². The summed E-state index contributed by atoms with van der Waals surface area (Å²) in [6, 6.07) is 24.3. The van der Waals surface area contributed by atoms with E-state index < -0.39 is 0 Å². The number of ketones is 1. The number of fused-ring (bicyclic) bond motifs is 1. The Balaban J connectivity index is 1.12. The van der Waals surface area contributed by atoms with Gasteiger partial charge in [-0.2, -0.15) is 0 Å². The number of amides is 1. The van der Waals surface area contributed by atoms with E-state index in [1.807, 2.05) is 35.2 Å². The normalized spacial score (nSPS) is 14.4. The van der Waals surface area contributed by atoms with Gasteiger partial charge >= 0.3 is 0 Å². The van der Waals surface area contributed by atoms with Crippen molar-refractivity contribution in [1.82, 2.24) is 9.88 Å². The predicted octanol–water partition coefficient (Wildman–Crippen LogP) is 5.31. The number of likely N-dealkylation sites (tertiary alicyclic amines) is 1. The van der Waals surface area contributed by atoms with Crippen molar-refractivity contribution in [2.24, 2.45) is 0 Å². The van der Waals surface area contributed by atoms with Gasteiger partial charge in [-0.3, -0.25) is 9.59 Å². The molecule has 166 valence electrons. The number of carbonyl (C=O) groups excluding carboxylic acids is 2. The topological polar surface area (TPSA) is 59.5 Å². The molecule has 0 N–H and O–H groups in total. The molecule has 33 heavy (non-hydrogen) atoms. The third-order valence-corrected chi connectivity index (χ3v) is 7.22. The number of carbonyl (C=O) groups is 2. The van der Waals surface area contributed by atoms with Crippen LogP contribution in [0.4, 0.5) is 0 Å². The molecule has 0 atom stereocenters. The number of hydrogen-bond acceptors (Lipinski definition) is 5. The summed E-state index contributed by atoms with van der Waals surface area (Å²) in [4.78, 5) is 31.8. The molecular formula is C27H24N2O3S. The number of ether oxygens (including phenoxy) is 1. The summed E-state index contributed by atoms with van der Waals surface area (Å²) in [6.07, 6.45) is 1.84. The van der Waals surface area contributed by atoms with E-state index in [4.69, 9.17) is 9.72 Å². The van der Waals surface area contributed by atoms with Crippen molar-refractivity contribution in [2.45, 2.75) is 18.8 Å². The monoisotopic (exact) mass is 456 g/mol. The summed E-state index contributed by atoms with van der Waals surface area (Å²) in [5, 5.41) is 1.17. The van der Waals surface area contributed by atoms with Gasteiger partial charge in [0.1, 0.15) is 5.75 Å². The van der Waals surface area contributed by atoms with E-state index in [-0.39, 0.29) is 18.3 Å². The zero-order valence-electron chi connectivity index (χ0n) is 18.1. The van der Waals surface area contributed by atoms with Crippen LogP contribution in [-0.4, -0.2) is 41.3 Å². The predicted molar refractivity (Wildman–Crippen MR) is 130 cm³/mol. The lowest BCUT2D eigenvalue weighted by molar-refractivity contribution is -0.134. The first-order valence-electron chi connectivity index (χ1n) is 11.1. The van der Waals surface area contributed by atoms with E-state index in [9.17, 15) is 9.59 Å². The molecule has 1 aliphatic heterocycles. The van der Waals surface area contributed by atoms with Crippen molar-refractivity contribution >= 4 is 33.2 Å². The molecule has 5 nitrogen and oxygen atoms in total. The zero-order chi connectivity index (χ0) is 22.6. The van der Waals surface area contributed by atoms with Crippen molar-refractivity contribution in [3.63, 3.8) is 0 Å². The molecule has 5 rings (SSSR count). The molecule has 3 aromatic carbocycles. The number of rotatable bonds is 6. The van der Waals surface area contributed by atoms with Gasteiger partial charge < -0.3 is 9.64 Å². The summed E-state index contributed by atoms with van der Waals surface area (Å²) >= 11 is 1.76. The van der Waals surface area contributed by atoms with Crippen LogP contribution < -0.4 is 4.74 Å². The van der Waals surface area contributed by atoms with Crippen LogP contribution >= 0.6 is 11.3 Å². The van der Waals surface area contributed by atoms with Crippen LogP contribution in [0.5, 0.6) is 5.75 Å². The number of para-hydroxylation sites is 1. The third-order valence-electron chi connectivity index (χ3n) is 6.02. The van der Waals surface area contributed by atoms with Gasteiger partial charge in [0.05, 0.1) is 15.2 Å². The number of aromatic nitrogens is 1. The molecule has 1 aromatic heterocycles. The van der Waals surface area contributed by atoms with Crippen molar-refractivity contribution in [3.05, 3.63) is 95.0 Å². The first kappa shape index (κ1) is 21.3. The summed E-state index contributed by atoms with van der Waals surface area (Å²) in [7, 11) is 0. The van der Waals surface area contributed by atoms with Gasteiger partial charge in [-0.05, 0) is 49.2 Å². The van der Waals surface area contributed by atoms with Crippen LogP contribution in [0.3, 0.4) is 0 Å². The number of nitrogens with zero attached hydrogens (tertiary/aromatic N) is 2. The first-order chi connectivity index (χ1) is 16.2. The standard InChI is InChI=1S/C27H24N2O3S/c30-25(18-32-22-12-10-20(11-13-22)26(31)19-6-2-1-3-7-19)29-16-14-21(15-17-29)27-28-23-8-4-5-9-24(23)33-27/h1-13,21H,14-18H2. The molecular weight excluding hydrogens is 432 g/mol. The molecule has 0 saturated carbocycles. The Hall–Kier alpha value is -3.51. The van der Waals surface area contributed by atoms with E-state index in [0.29, 0.717) is 35.9 Å². The maximum Gasteiger partial charge on any atom is 0.260 e. The van der Waals surface area contributed by atoms with Crippen molar-refractivity contribution in [1.29, 1.82) is 0 Å². The number of benzene rings is 3. The highest BCUT2D eigenvalue weighted by Crippen LogP contribution is 2.33. The van der Waals surface area contributed by atoms with Gasteiger partial charge in [0.25, 0.3) is 5.91 Å². The molecule has 1 amide bonds. The third kappa shape index (κ3) is 4.81. The minimum atomic E-state index is -0.0331. The smallest absolute Gasteiger partial charge is 0.260 e. The summed E-state index contributed by atoms with van der Waals surface area (Å²) in [5.41, 5.74) is 2.30. The van der Waals surface area contributed by atoms with E-state index in [2.05, 4.69) is 12.1 Å². The van der Waals surface area contributed by atoms with E-state index in [1.54, 1.807) is 47.7 Å². The van der Waals surface area contributed by atoms with Crippen LogP contribution in [-0.2, 0) is 4.79 Å². The lowest BCUT2D eigenvalue weighted by Gasteiger charge is -2.31. The van der Waals surface area contributed by atoms with E-state index >= 15 is 0 Å². The van der Waals surface area contributed by atoms with Crippen LogP contribution in [0, 0.1) is 0 Å². The maximum absolute atomic E-state index is 12.6. The first-order valence-corrected chi connectivity index (χ1v) is 11.9. The molecule has 0 aliphatic carbocycles. The molecule has 1 aliphatic rings. The maximum atomic E-state index is 12.6.